The number of anilines is 1. The highest BCUT2D eigenvalue weighted by atomic mass is 32.2. The zero-order chi connectivity index (χ0) is 28.7. The molecule has 0 fully saturated rings. The summed E-state index contributed by atoms with van der Waals surface area (Å²) in [5.41, 5.74) is 1.24. The van der Waals surface area contributed by atoms with Gasteiger partial charge in [0.05, 0.1) is 37.1 Å². The van der Waals surface area contributed by atoms with Crippen molar-refractivity contribution in [3.05, 3.63) is 109 Å². The molecule has 1 N–H and O–H groups in total. The van der Waals surface area contributed by atoms with Crippen LogP contribution in [-0.4, -0.2) is 30.4 Å². The van der Waals surface area contributed by atoms with Gasteiger partial charge in [0.15, 0.2) is 11.5 Å². The number of furan rings is 2. The largest absolute Gasteiger partial charge is 0.494 e. The number of rotatable bonds is 13. The van der Waals surface area contributed by atoms with Gasteiger partial charge in [-0.3, -0.25) is 4.79 Å². The van der Waals surface area contributed by atoms with Crippen molar-refractivity contribution in [2.75, 3.05) is 11.9 Å². The Labute approximate surface area is 237 Å². The van der Waals surface area contributed by atoms with Crippen LogP contribution in [0.4, 0.5) is 5.69 Å². The molecule has 0 saturated carbocycles. The number of benzene rings is 2. The minimum atomic E-state index is -3.92. The molecule has 0 bridgehead atoms. The monoisotopic (exact) mass is 575 g/mol. The Balaban J connectivity index is 1.25. The van der Waals surface area contributed by atoms with Gasteiger partial charge in [0.2, 0.25) is 10.0 Å². The highest BCUT2D eigenvalue weighted by Gasteiger charge is 2.27. The van der Waals surface area contributed by atoms with Crippen molar-refractivity contribution < 1.29 is 31.3 Å². The molecular formula is C30H29N3O7S. The van der Waals surface area contributed by atoms with E-state index in [9.17, 15) is 13.2 Å². The summed E-state index contributed by atoms with van der Waals surface area (Å²) >= 11 is 0. The average Bonchev–Trinajstić information content (AvgIpc) is 3.77. The highest BCUT2D eigenvalue weighted by Crippen LogP contribution is 2.25. The van der Waals surface area contributed by atoms with Crippen molar-refractivity contribution in [1.29, 1.82) is 0 Å². The van der Waals surface area contributed by atoms with Gasteiger partial charge < -0.3 is 23.4 Å². The summed E-state index contributed by atoms with van der Waals surface area (Å²) in [7, 11) is -3.92. The predicted octanol–water partition coefficient (Wildman–Crippen LogP) is 6.35. The summed E-state index contributed by atoms with van der Waals surface area (Å²) in [6.07, 6.45) is 5.02. The quantitative estimate of drug-likeness (QED) is 0.161. The first kappa shape index (κ1) is 27.9. The minimum Gasteiger partial charge on any atom is -0.494 e. The van der Waals surface area contributed by atoms with Crippen molar-refractivity contribution in [1.82, 2.24) is 9.46 Å². The van der Waals surface area contributed by atoms with Gasteiger partial charge in [0.1, 0.15) is 17.3 Å². The van der Waals surface area contributed by atoms with E-state index in [1.165, 1.54) is 41.1 Å². The summed E-state index contributed by atoms with van der Waals surface area (Å²) in [5.74, 6) is 1.69. The van der Waals surface area contributed by atoms with E-state index in [2.05, 4.69) is 17.4 Å². The van der Waals surface area contributed by atoms with Crippen molar-refractivity contribution in [2.45, 2.75) is 37.8 Å². The number of hydrogen-bond acceptors (Lipinski definition) is 8. The Morgan fingerprint density at radius 1 is 0.927 bits per heavy atom. The van der Waals surface area contributed by atoms with E-state index in [1.54, 1.807) is 30.3 Å². The van der Waals surface area contributed by atoms with Gasteiger partial charge in [-0.1, -0.05) is 18.5 Å². The molecule has 3 heterocycles. The van der Waals surface area contributed by atoms with Gasteiger partial charge in [-0.15, -0.1) is 0 Å². The van der Waals surface area contributed by atoms with E-state index in [0.717, 1.165) is 24.2 Å². The van der Waals surface area contributed by atoms with Crippen LogP contribution in [0.2, 0.25) is 0 Å². The maximum Gasteiger partial charge on any atom is 0.277 e. The lowest BCUT2D eigenvalue weighted by molar-refractivity contribution is 0.101. The molecule has 0 aliphatic carbocycles. The SMILES string of the molecule is CCCCOc1ccc(-c2cc(C(=O)Nc3ccc(S(=O)(=O)N(Cc4ccco4)Cc4ccco4)cc3)no2)cc1. The fraction of sp³-hybridized carbons (Fsp3) is 0.200. The average molecular weight is 576 g/mol. The normalized spacial score (nSPS) is 11.6. The molecule has 0 radical (unpaired) electrons. The second-order valence-corrected chi connectivity index (χ2v) is 11.2. The van der Waals surface area contributed by atoms with Gasteiger partial charge in [-0.05, 0) is 79.2 Å². The Morgan fingerprint density at radius 3 is 2.17 bits per heavy atom. The van der Waals surface area contributed by atoms with Gasteiger partial charge in [-0.2, -0.15) is 4.31 Å². The number of sulfonamides is 1. The van der Waals surface area contributed by atoms with Crippen molar-refractivity contribution in [3.63, 3.8) is 0 Å². The van der Waals surface area contributed by atoms with Crippen LogP contribution >= 0.6 is 0 Å². The lowest BCUT2D eigenvalue weighted by Crippen LogP contribution is -2.30. The number of carbonyl (C=O) groups excluding carboxylic acids is 1. The fourth-order valence-electron chi connectivity index (χ4n) is 4.00. The van der Waals surface area contributed by atoms with Crippen LogP contribution < -0.4 is 10.1 Å². The Bertz CT molecular complexity index is 1610. The summed E-state index contributed by atoms with van der Waals surface area (Å²) in [6.45, 7) is 2.81. The zero-order valence-corrected chi connectivity index (χ0v) is 23.2. The van der Waals surface area contributed by atoms with Gasteiger partial charge in [-0.25, -0.2) is 8.42 Å². The smallest absolute Gasteiger partial charge is 0.277 e. The van der Waals surface area contributed by atoms with E-state index in [1.807, 2.05) is 24.3 Å². The van der Waals surface area contributed by atoms with Gasteiger partial charge >= 0.3 is 0 Å². The molecule has 0 aliphatic heterocycles. The predicted molar refractivity (Wildman–Crippen MR) is 151 cm³/mol. The Morgan fingerprint density at radius 2 is 1.59 bits per heavy atom. The molecule has 0 aliphatic rings. The summed E-state index contributed by atoms with van der Waals surface area (Å²) in [5, 5.41) is 6.61. The second-order valence-electron chi connectivity index (χ2n) is 9.21. The second kappa shape index (κ2) is 12.7. The van der Waals surface area contributed by atoms with E-state index in [0.29, 0.717) is 29.6 Å². The third kappa shape index (κ3) is 6.94. The van der Waals surface area contributed by atoms with E-state index in [-0.39, 0.29) is 23.7 Å². The van der Waals surface area contributed by atoms with Gasteiger partial charge in [0, 0.05) is 17.3 Å². The fourth-order valence-corrected chi connectivity index (χ4v) is 5.37. The first-order valence-corrected chi connectivity index (χ1v) is 14.5. The molecule has 212 valence electrons. The molecule has 10 nitrogen and oxygen atoms in total. The standard InChI is InChI=1S/C30H29N3O7S/c1-2-3-16-37-24-12-8-22(9-13-24)29-19-28(32-40-29)30(34)31-23-10-14-27(15-11-23)41(35,36)33(20-25-6-4-17-38-25)21-26-7-5-18-39-26/h4-15,17-19H,2-3,16,20-21H2,1H3,(H,31,34). The van der Waals surface area contributed by atoms with Crippen LogP contribution in [-0.2, 0) is 23.1 Å². The number of carbonyl (C=O) groups is 1. The van der Waals surface area contributed by atoms with E-state index in [4.69, 9.17) is 18.1 Å². The number of amides is 1. The molecular weight excluding hydrogens is 546 g/mol. The summed E-state index contributed by atoms with van der Waals surface area (Å²) in [6, 6.07) is 21.6. The first-order valence-electron chi connectivity index (χ1n) is 13.1. The number of hydrogen-bond donors (Lipinski definition) is 1. The zero-order valence-electron chi connectivity index (χ0n) is 22.4. The Kier molecular flexibility index (Phi) is 8.66. The van der Waals surface area contributed by atoms with Crippen LogP contribution in [0.25, 0.3) is 11.3 Å². The number of nitrogens with one attached hydrogen (secondary N) is 1. The van der Waals surface area contributed by atoms with E-state index < -0.39 is 15.9 Å². The molecule has 0 saturated heterocycles. The molecule has 0 atom stereocenters. The lowest BCUT2D eigenvalue weighted by atomic mass is 10.1. The molecule has 5 rings (SSSR count). The lowest BCUT2D eigenvalue weighted by Gasteiger charge is -2.20. The minimum absolute atomic E-state index is 0.0254. The molecule has 1 amide bonds. The van der Waals surface area contributed by atoms with E-state index >= 15 is 0 Å². The van der Waals surface area contributed by atoms with Crippen molar-refractivity contribution in [3.8, 4) is 17.1 Å². The number of nitrogens with zero attached hydrogens (tertiary/aromatic N) is 2. The topological polar surface area (TPSA) is 128 Å². The molecule has 2 aromatic carbocycles. The highest BCUT2D eigenvalue weighted by molar-refractivity contribution is 7.89. The summed E-state index contributed by atoms with van der Waals surface area (Å²) in [4.78, 5) is 12.9. The van der Waals surface area contributed by atoms with Gasteiger partial charge in [0.25, 0.3) is 5.91 Å². The van der Waals surface area contributed by atoms with Crippen LogP contribution in [0, 0.1) is 0 Å². The molecule has 5 aromatic rings. The Hall–Kier alpha value is -4.61. The molecule has 0 unspecified atom stereocenters. The molecule has 11 heteroatoms. The summed E-state index contributed by atoms with van der Waals surface area (Å²) < 4.78 is 50.0. The number of unbranched alkanes of at least 4 members (excludes halogenated alkanes) is 1. The van der Waals surface area contributed by atoms with Crippen LogP contribution in [0.5, 0.6) is 5.75 Å². The third-order valence-corrected chi connectivity index (χ3v) is 8.03. The van der Waals surface area contributed by atoms with Crippen LogP contribution in [0.1, 0.15) is 41.8 Å². The van der Waals surface area contributed by atoms with Crippen molar-refractivity contribution in [2.24, 2.45) is 0 Å². The third-order valence-electron chi connectivity index (χ3n) is 6.22. The number of ether oxygens (including phenoxy) is 1. The molecule has 0 spiro atoms. The first-order chi connectivity index (χ1) is 19.9. The molecule has 41 heavy (non-hydrogen) atoms. The van der Waals surface area contributed by atoms with Crippen LogP contribution in [0.3, 0.4) is 0 Å². The van der Waals surface area contributed by atoms with Crippen LogP contribution in [0.15, 0.2) is 110 Å². The maximum absolute atomic E-state index is 13.5. The number of aromatic nitrogens is 1. The molecule has 3 aromatic heterocycles. The van der Waals surface area contributed by atoms with Crippen molar-refractivity contribution >= 4 is 21.6 Å². The maximum atomic E-state index is 13.5.